The molecule has 0 aliphatic carbocycles. The predicted octanol–water partition coefficient (Wildman–Crippen LogP) is 2.56. The molecule has 3 amide bonds. The molecule has 0 saturated carbocycles. The number of rotatable bonds is 5. The summed E-state index contributed by atoms with van der Waals surface area (Å²) in [6.07, 6.45) is 5.56. The first-order chi connectivity index (χ1) is 13.9. The van der Waals surface area contributed by atoms with E-state index in [0.717, 1.165) is 10.2 Å². The van der Waals surface area contributed by atoms with Gasteiger partial charge in [-0.3, -0.25) is 14.4 Å². The molecule has 1 atom stereocenters. The molecule has 1 N–H and O–H groups in total. The average Bonchev–Trinajstić information content (AvgIpc) is 3.13. The van der Waals surface area contributed by atoms with Gasteiger partial charge in [0, 0.05) is 41.4 Å². The maximum atomic E-state index is 13.3. The van der Waals surface area contributed by atoms with Crippen LogP contribution >= 0.6 is 15.9 Å². The van der Waals surface area contributed by atoms with Gasteiger partial charge in [-0.2, -0.15) is 0 Å². The van der Waals surface area contributed by atoms with Crippen molar-refractivity contribution in [2.24, 2.45) is 5.92 Å². The van der Waals surface area contributed by atoms with Crippen molar-refractivity contribution in [2.75, 3.05) is 29.9 Å². The highest BCUT2D eigenvalue weighted by atomic mass is 79.9. The van der Waals surface area contributed by atoms with E-state index in [9.17, 15) is 14.4 Å². The molecular weight excluding hydrogens is 434 g/mol. The molecule has 7 heteroatoms. The van der Waals surface area contributed by atoms with E-state index in [2.05, 4.69) is 27.2 Å². The van der Waals surface area contributed by atoms with E-state index >= 15 is 0 Å². The highest BCUT2D eigenvalue weighted by molar-refractivity contribution is 9.10. The first kappa shape index (κ1) is 20.6. The topological polar surface area (TPSA) is 69.7 Å². The molecule has 1 aliphatic rings. The van der Waals surface area contributed by atoms with Gasteiger partial charge in [0.25, 0.3) is 0 Å². The lowest BCUT2D eigenvalue weighted by Gasteiger charge is -2.25. The Balaban J connectivity index is 1.87. The van der Waals surface area contributed by atoms with Crippen molar-refractivity contribution >= 4 is 45.0 Å². The Labute approximate surface area is 178 Å². The van der Waals surface area contributed by atoms with Crippen molar-refractivity contribution in [1.82, 2.24) is 5.32 Å². The molecule has 1 fully saturated rings. The first-order valence-corrected chi connectivity index (χ1v) is 9.86. The van der Waals surface area contributed by atoms with Crippen LogP contribution in [0.15, 0.2) is 53.0 Å². The van der Waals surface area contributed by atoms with E-state index in [4.69, 9.17) is 6.42 Å². The summed E-state index contributed by atoms with van der Waals surface area (Å²) >= 11 is 3.40. The van der Waals surface area contributed by atoms with Gasteiger partial charge in [0.05, 0.1) is 5.92 Å². The zero-order valence-corrected chi connectivity index (χ0v) is 17.5. The summed E-state index contributed by atoms with van der Waals surface area (Å²) in [5, 5.41) is 2.53. The van der Waals surface area contributed by atoms with Gasteiger partial charge < -0.3 is 15.1 Å². The Bertz CT molecular complexity index is 999. The normalized spacial score (nSPS) is 15.7. The largest absolute Gasteiger partial charge is 0.358 e. The number of likely N-dealkylation sites (N-methyl/N-ethyl adjacent to an activating group) is 1. The zero-order chi connectivity index (χ0) is 21.0. The summed E-state index contributed by atoms with van der Waals surface area (Å²) in [6.45, 7) is 0.109. The monoisotopic (exact) mass is 453 g/mol. The second kappa shape index (κ2) is 8.93. The number of carbonyl (C=O) groups excluding carboxylic acids is 3. The fraction of sp³-hybridized carbons (Fsp3) is 0.227. The Morgan fingerprint density at radius 2 is 2.03 bits per heavy atom. The van der Waals surface area contributed by atoms with Crippen LogP contribution in [0.3, 0.4) is 0 Å². The molecule has 0 radical (unpaired) electrons. The number of terminal acetylenes is 1. The van der Waals surface area contributed by atoms with Crippen LogP contribution in [-0.2, 0) is 14.4 Å². The van der Waals surface area contributed by atoms with Crippen molar-refractivity contribution in [3.63, 3.8) is 0 Å². The SMILES string of the molecule is C#Cc1cccc(N(CC(=O)NC)C(=O)C2CC(=O)N(c3cccc(Br)c3)C2)c1. The van der Waals surface area contributed by atoms with Crippen LogP contribution < -0.4 is 15.1 Å². The van der Waals surface area contributed by atoms with E-state index in [-0.39, 0.29) is 37.2 Å². The van der Waals surface area contributed by atoms with E-state index in [1.807, 2.05) is 24.3 Å². The summed E-state index contributed by atoms with van der Waals surface area (Å²) in [5.74, 6) is 1.26. The number of amides is 3. The van der Waals surface area contributed by atoms with E-state index in [1.54, 1.807) is 29.2 Å². The van der Waals surface area contributed by atoms with Gasteiger partial charge in [-0.25, -0.2) is 0 Å². The van der Waals surface area contributed by atoms with Gasteiger partial charge >= 0.3 is 0 Å². The fourth-order valence-corrected chi connectivity index (χ4v) is 3.66. The summed E-state index contributed by atoms with van der Waals surface area (Å²) in [5.41, 5.74) is 1.87. The second-order valence-electron chi connectivity index (χ2n) is 6.68. The molecular formula is C22H20BrN3O3. The predicted molar refractivity (Wildman–Crippen MR) is 115 cm³/mol. The van der Waals surface area contributed by atoms with Crippen LogP contribution in [0.2, 0.25) is 0 Å². The lowest BCUT2D eigenvalue weighted by Crippen LogP contribution is -2.43. The van der Waals surface area contributed by atoms with Gasteiger partial charge in [-0.05, 0) is 36.4 Å². The number of anilines is 2. The van der Waals surface area contributed by atoms with Crippen LogP contribution in [0.5, 0.6) is 0 Å². The van der Waals surface area contributed by atoms with Gasteiger partial charge in [0.2, 0.25) is 17.7 Å². The van der Waals surface area contributed by atoms with Crippen molar-refractivity contribution in [3.05, 3.63) is 58.6 Å². The third-order valence-electron chi connectivity index (χ3n) is 4.77. The van der Waals surface area contributed by atoms with Gasteiger partial charge in [-0.15, -0.1) is 6.42 Å². The number of nitrogens with one attached hydrogen (secondary N) is 1. The molecule has 148 valence electrons. The molecule has 0 bridgehead atoms. The van der Waals surface area contributed by atoms with Gasteiger partial charge in [0.1, 0.15) is 6.54 Å². The second-order valence-corrected chi connectivity index (χ2v) is 7.59. The molecule has 3 rings (SSSR count). The lowest BCUT2D eigenvalue weighted by molar-refractivity contribution is -0.126. The molecule has 6 nitrogen and oxygen atoms in total. The van der Waals surface area contributed by atoms with Gasteiger partial charge in [-0.1, -0.05) is 34.0 Å². The molecule has 0 aromatic heterocycles. The lowest BCUT2D eigenvalue weighted by atomic mass is 10.1. The third-order valence-corrected chi connectivity index (χ3v) is 5.26. The van der Waals surface area contributed by atoms with Crippen LogP contribution in [0, 0.1) is 18.3 Å². The fourth-order valence-electron chi connectivity index (χ4n) is 3.27. The molecule has 1 aliphatic heterocycles. The molecule has 2 aromatic carbocycles. The molecule has 2 aromatic rings. The molecule has 1 heterocycles. The highest BCUT2D eigenvalue weighted by Gasteiger charge is 2.38. The Hall–Kier alpha value is -3.11. The minimum absolute atomic E-state index is 0.0877. The number of carbonyl (C=O) groups is 3. The van der Waals surface area contributed by atoms with E-state index in [1.165, 1.54) is 11.9 Å². The standard InChI is InChI=1S/C22H20BrN3O3/c1-3-15-6-4-8-18(10-15)26(14-20(27)24-2)22(29)16-11-21(28)25(13-16)19-9-5-7-17(23)12-19/h1,4-10,12,16H,11,13-14H2,2H3,(H,24,27). The van der Waals surface area contributed by atoms with E-state index in [0.29, 0.717) is 11.3 Å². The Morgan fingerprint density at radius 1 is 1.28 bits per heavy atom. The van der Waals surface area contributed by atoms with Crippen molar-refractivity contribution < 1.29 is 14.4 Å². The highest BCUT2D eigenvalue weighted by Crippen LogP contribution is 2.29. The Kier molecular flexibility index (Phi) is 6.35. The summed E-state index contributed by atoms with van der Waals surface area (Å²) in [4.78, 5) is 40.9. The maximum absolute atomic E-state index is 13.3. The van der Waals surface area contributed by atoms with Crippen molar-refractivity contribution in [1.29, 1.82) is 0 Å². The quantitative estimate of drug-likeness (QED) is 0.707. The molecule has 1 unspecified atom stereocenters. The molecule has 0 spiro atoms. The van der Waals surface area contributed by atoms with Crippen molar-refractivity contribution in [2.45, 2.75) is 6.42 Å². The molecule has 29 heavy (non-hydrogen) atoms. The van der Waals surface area contributed by atoms with Crippen molar-refractivity contribution in [3.8, 4) is 12.3 Å². The zero-order valence-electron chi connectivity index (χ0n) is 15.9. The van der Waals surface area contributed by atoms with Crippen LogP contribution in [0.1, 0.15) is 12.0 Å². The Morgan fingerprint density at radius 3 is 2.72 bits per heavy atom. The van der Waals surface area contributed by atoms with Gasteiger partial charge in [0.15, 0.2) is 0 Å². The summed E-state index contributed by atoms with van der Waals surface area (Å²) < 4.78 is 0.852. The number of hydrogen-bond donors (Lipinski definition) is 1. The number of benzene rings is 2. The third kappa shape index (κ3) is 4.66. The average molecular weight is 454 g/mol. The number of nitrogens with zero attached hydrogens (tertiary/aromatic N) is 2. The smallest absolute Gasteiger partial charge is 0.239 e. The van der Waals surface area contributed by atoms with Crippen LogP contribution in [-0.4, -0.2) is 37.9 Å². The van der Waals surface area contributed by atoms with E-state index < -0.39 is 5.92 Å². The van der Waals surface area contributed by atoms with Crippen LogP contribution in [0.4, 0.5) is 11.4 Å². The summed E-state index contributed by atoms with van der Waals surface area (Å²) in [6, 6.07) is 14.3. The first-order valence-electron chi connectivity index (χ1n) is 9.07. The number of hydrogen-bond acceptors (Lipinski definition) is 3. The summed E-state index contributed by atoms with van der Waals surface area (Å²) in [7, 11) is 1.51. The minimum atomic E-state index is -0.555. The van der Waals surface area contributed by atoms with Crippen LogP contribution in [0.25, 0.3) is 0 Å². The maximum Gasteiger partial charge on any atom is 0.239 e. The molecule has 1 saturated heterocycles. The minimum Gasteiger partial charge on any atom is -0.358 e. The number of halogens is 1.